The lowest BCUT2D eigenvalue weighted by Gasteiger charge is -2.21. The van der Waals surface area contributed by atoms with Gasteiger partial charge >= 0.3 is 6.02 Å². The van der Waals surface area contributed by atoms with Crippen LogP contribution >= 0.6 is 0 Å². The number of aromatic nitrogens is 2. The normalized spacial score (nSPS) is 26.1. The fourth-order valence-corrected chi connectivity index (χ4v) is 3.52. The van der Waals surface area contributed by atoms with Crippen LogP contribution in [0.2, 0.25) is 0 Å². The molecule has 156 valence electrons. The molecule has 0 saturated carbocycles. The quantitative estimate of drug-likeness (QED) is 0.515. The van der Waals surface area contributed by atoms with E-state index in [2.05, 4.69) is 31.1 Å². The van der Waals surface area contributed by atoms with E-state index < -0.39 is 18.1 Å². The van der Waals surface area contributed by atoms with E-state index in [0.717, 1.165) is 28.1 Å². The Kier molecular flexibility index (Phi) is 4.81. The maximum Gasteiger partial charge on any atom is 0.304 e. The van der Waals surface area contributed by atoms with Crippen LogP contribution < -0.4 is 16.2 Å². The van der Waals surface area contributed by atoms with Crippen molar-refractivity contribution in [1.29, 1.82) is 0 Å². The number of nitrogens with one attached hydrogen (secondary N) is 3. The van der Waals surface area contributed by atoms with Crippen molar-refractivity contribution in [2.45, 2.75) is 25.0 Å². The summed E-state index contributed by atoms with van der Waals surface area (Å²) in [4.78, 5) is 17.4. The Morgan fingerprint density at radius 3 is 2.58 bits per heavy atom. The second-order valence-corrected chi connectivity index (χ2v) is 7.34. The molecule has 0 spiro atoms. The molecule has 3 atom stereocenters. The number of aliphatic hydroxyl groups is 1. The van der Waals surface area contributed by atoms with Gasteiger partial charge in [-0.25, -0.2) is 15.0 Å². The predicted octanol–water partition coefficient (Wildman–Crippen LogP) is 1.74. The molecular weight excluding hydrogens is 394 g/mol. The average molecular weight is 415 g/mol. The largest absolute Gasteiger partial charge is 0.437 e. The SMILES string of the molecule is CC1(c2cncnc2)NNC(=NC2N=C(c3ccccc3)c3ccccc3NC2O)O1. The monoisotopic (exact) mass is 415 g/mol. The molecule has 9 heteroatoms. The van der Waals surface area contributed by atoms with E-state index in [-0.39, 0.29) is 6.02 Å². The van der Waals surface area contributed by atoms with Crippen LogP contribution in [0.1, 0.15) is 23.6 Å². The number of amidine groups is 1. The average Bonchev–Trinajstić information content (AvgIpc) is 3.13. The highest BCUT2D eigenvalue weighted by atomic mass is 16.6. The third kappa shape index (κ3) is 3.72. The van der Waals surface area contributed by atoms with Crippen molar-refractivity contribution in [3.8, 4) is 0 Å². The number of hydrogen-bond donors (Lipinski definition) is 4. The second-order valence-electron chi connectivity index (χ2n) is 7.34. The van der Waals surface area contributed by atoms with Gasteiger partial charge in [-0.1, -0.05) is 48.5 Å². The third-order valence-electron chi connectivity index (χ3n) is 5.15. The molecule has 0 radical (unpaired) electrons. The van der Waals surface area contributed by atoms with Crippen LogP contribution in [-0.2, 0) is 10.5 Å². The van der Waals surface area contributed by atoms with Gasteiger partial charge in [0.1, 0.15) is 6.33 Å². The topological polar surface area (TPSA) is 116 Å². The number of fused-ring (bicyclic) bond motifs is 1. The minimum absolute atomic E-state index is 0.208. The number of para-hydroxylation sites is 1. The lowest BCUT2D eigenvalue weighted by atomic mass is 10.0. The van der Waals surface area contributed by atoms with Crippen molar-refractivity contribution in [3.05, 3.63) is 90.0 Å². The first-order chi connectivity index (χ1) is 15.1. The van der Waals surface area contributed by atoms with Crippen LogP contribution in [0, 0.1) is 0 Å². The Balaban J connectivity index is 1.51. The van der Waals surface area contributed by atoms with E-state index in [1.165, 1.54) is 6.33 Å². The second kappa shape index (κ2) is 7.78. The van der Waals surface area contributed by atoms with Gasteiger partial charge in [-0.2, -0.15) is 5.43 Å². The number of anilines is 1. The first-order valence-corrected chi connectivity index (χ1v) is 9.85. The molecule has 1 saturated heterocycles. The first-order valence-electron chi connectivity index (χ1n) is 9.85. The Morgan fingerprint density at radius 2 is 1.77 bits per heavy atom. The van der Waals surface area contributed by atoms with E-state index in [0.29, 0.717) is 0 Å². The van der Waals surface area contributed by atoms with E-state index in [1.54, 1.807) is 12.4 Å². The van der Waals surface area contributed by atoms with Gasteiger partial charge in [0.05, 0.1) is 5.71 Å². The summed E-state index contributed by atoms with van der Waals surface area (Å²) in [5.41, 5.74) is 9.13. The van der Waals surface area contributed by atoms with Gasteiger partial charge < -0.3 is 15.2 Å². The number of benzodiazepines with no additional fused rings is 1. The molecule has 1 aromatic heterocycles. The zero-order valence-electron chi connectivity index (χ0n) is 16.7. The molecule has 1 fully saturated rings. The number of hydrogen-bond acceptors (Lipinski definition) is 8. The van der Waals surface area contributed by atoms with Crippen molar-refractivity contribution in [2.75, 3.05) is 5.32 Å². The van der Waals surface area contributed by atoms with Gasteiger partial charge in [-0.05, 0) is 13.0 Å². The van der Waals surface area contributed by atoms with Crippen LogP contribution in [0.15, 0.2) is 83.3 Å². The molecular formula is C22H21N7O2. The number of aliphatic hydroxyl groups excluding tert-OH is 1. The molecule has 0 aliphatic carbocycles. The van der Waals surface area contributed by atoms with Crippen LogP contribution in [0.25, 0.3) is 0 Å². The summed E-state index contributed by atoms with van der Waals surface area (Å²) in [7, 11) is 0. The zero-order valence-corrected chi connectivity index (χ0v) is 16.7. The van der Waals surface area contributed by atoms with E-state index in [9.17, 15) is 5.11 Å². The fourth-order valence-electron chi connectivity index (χ4n) is 3.52. The molecule has 2 aliphatic rings. The molecule has 31 heavy (non-hydrogen) atoms. The molecule has 2 aromatic carbocycles. The number of hydrazine groups is 1. The standard InChI is InChI=1S/C22H21N7O2/c1-22(15-11-23-13-24-12-15)29-28-21(31-22)27-19-20(30)25-17-10-6-5-9-16(17)18(26-19)14-7-3-2-4-8-14/h2-13,19-20,25,29-30H,1H3,(H,27,28). The Morgan fingerprint density at radius 1 is 1.03 bits per heavy atom. The minimum atomic E-state index is -1.05. The third-order valence-corrected chi connectivity index (χ3v) is 5.15. The van der Waals surface area contributed by atoms with Gasteiger partial charge in [0.25, 0.3) is 0 Å². The maximum atomic E-state index is 10.8. The van der Waals surface area contributed by atoms with Crippen molar-refractivity contribution >= 4 is 17.4 Å². The molecule has 0 bridgehead atoms. The molecule has 2 aliphatic heterocycles. The summed E-state index contributed by atoms with van der Waals surface area (Å²) in [6.07, 6.45) is 2.88. The summed E-state index contributed by atoms with van der Waals surface area (Å²) < 4.78 is 5.98. The molecule has 3 unspecified atom stereocenters. The summed E-state index contributed by atoms with van der Waals surface area (Å²) >= 11 is 0. The summed E-state index contributed by atoms with van der Waals surface area (Å²) in [6.45, 7) is 1.83. The molecule has 3 aromatic rings. The van der Waals surface area contributed by atoms with Gasteiger partial charge in [0, 0.05) is 34.8 Å². The highest BCUT2D eigenvalue weighted by Crippen LogP contribution is 2.27. The number of benzene rings is 2. The van der Waals surface area contributed by atoms with Crippen molar-refractivity contribution in [3.63, 3.8) is 0 Å². The summed E-state index contributed by atoms with van der Waals surface area (Å²) in [5.74, 6) is 0. The van der Waals surface area contributed by atoms with E-state index in [1.807, 2.05) is 61.5 Å². The Bertz CT molecular complexity index is 1140. The van der Waals surface area contributed by atoms with Gasteiger partial charge in [0.2, 0.25) is 5.72 Å². The van der Waals surface area contributed by atoms with Gasteiger partial charge in [-0.3, -0.25) is 10.4 Å². The van der Waals surface area contributed by atoms with Gasteiger partial charge in [0.15, 0.2) is 12.4 Å². The Hall–Kier alpha value is -3.82. The molecule has 0 amide bonds. The van der Waals surface area contributed by atoms with Crippen LogP contribution in [0.5, 0.6) is 0 Å². The lowest BCUT2D eigenvalue weighted by Crippen LogP contribution is -2.39. The predicted molar refractivity (Wildman–Crippen MR) is 116 cm³/mol. The zero-order chi connectivity index (χ0) is 21.3. The van der Waals surface area contributed by atoms with E-state index in [4.69, 9.17) is 9.73 Å². The number of ether oxygens (including phenoxy) is 1. The maximum absolute atomic E-state index is 10.8. The van der Waals surface area contributed by atoms with Crippen molar-refractivity contribution in [1.82, 2.24) is 20.8 Å². The van der Waals surface area contributed by atoms with Crippen molar-refractivity contribution in [2.24, 2.45) is 9.98 Å². The molecule has 5 rings (SSSR count). The summed E-state index contributed by atoms with van der Waals surface area (Å²) in [5, 5.41) is 13.9. The molecule has 4 N–H and O–H groups in total. The van der Waals surface area contributed by atoms with Crippen LogP contribution in [0.3, 0.4) is 0 Å². The fraction of sp³-hybridized carbons (Fsp3) is 0.182. The first kappa shape index (κ1) is 19.2. The number of aliphatic imine (C=N–C) groups is 2. The highest BCUT2D eigenvalue weighted by Gasteiger charge is 2.38. The van der Waals surface area contributed by atoms with Crippen LogP contribution in [0.4, 0.5) is 5.69 Å². The Labute approximate surface area is 178 Å². The molecule has 3 heterocycles. The van der Waals surface area contributed by atoms with E-state index >= 15 is 0 Å². The smallest absolute Gasteiger partial charge is 0.304 e. The highest BCUT2D eigenvalue weighted by molar-refractivity contribution is 6.16. The molecule has 9 nitrogen and oxygen atoms in total. The lowest BCUT2D eigenvalue weighted by molar-refractivity contribution is 0.0711. The minimum Gasteiger partial charge on any atom is -0.437 e. The van der Waals surface area contributed by atoms with Crippen molar-refractivity contribution < 1.29 is 9.84 Å². The summed E-state index contributed by atoms with van der Waals surface area (Å²) in [6, 6.07) is 17.8. The number of rotatable bonds is 3. The van der Waals surface area contributed by atoms with Gasteiger partial charge in [-0.15, -0.1) is 0 Å². The van der Waals surface area contributed by atoms with Crippen LogP contribution in [-0.4, -0.2) is 39.2 Å². The number of nitrogens with zero attached hydrogens (tertiary/aromatic N) is 4.